The van der Waals surface area contributed by atoms with Gasteiger partial charge in [-0.25, -0.2) is 9.78 Å². The van der Waals surface area contributed by atoms with Gasteiger partial charge in [0.05, 0.1) is 18.0 Å². The van der Waals surface area contributed by atoms with Crippen LogP contribution < -0.4 is 10.6 Å². The van der Waals surface area contributed by atoms with Gasteiger partial charge < -0.3 is 20.1 Å². The minimum absolute atomic E-state index is 0.125. The van der Waals surface area contributed by atoms with Crippen LogP contribution in [0.2, 0.25) is 0 Å². The third kappa shape index (κ3) is 7.74. The summed E-state index contributed by atoms with van der Waals surface area (Å²) in [5, 5.41) is 15.4. The molecule has 0 radical (unpaired) electrons. The van der Waals surface area contributed by atoms with Crippen molar-refractivity contribution >= 4 is 11.9 Å². The van der Waals surface area contributed by atoms with Crippen LogP contribution in [0.3, 0.4) is 0 Å². The topological polar surface area (TPSA) is 106 Å². The molecule has 9 heteroatoms. The second-order valence-corrected chi connectivity index (χ2v) is 11.1. The molecule has 1 saturated heterocycles. The van der Waals surface area contributed by atoms with Crippen molar-refractivity contribution in [3.63, 3.8) is 0 Å². The molecule has 1 aliphatic carbocycles. The Bertz CT molecular complexity index is 1330. The summed E-state index contributed by atoms with van der Waals surface area (Å²) in [5.74, 6) is -0.125. The quantitative estimate of drug-likeness (QED) is 0.421. The number of carbonyl (C=O) groups is 2. The Kier molecular flexibility index (Phi) is 9.65. The molecule has 2 aromatic carbocycles. The minimum atomic E-state index is -0.556. The van der Waals surface area contributed by atoms with E-state index >= 15 is 0 Å². The number of nitrogens with zero attached hydrogens (tertiary/aromatic N) is 5. The molecule has 3 amide bonds. The number of amides is 3. The molecule has 3 aromatic rings. The number of piperazine rings is 1. The molecule has 1 saturated carbocycles. The number of carbonyl (C=O) groups excluding carboxylic acids is 2. The lowest BCUT2D eigenvalue weighted by atomic mass is 9.95. The SMILES string of the molecule is N#Cc1ccc(Cn2cncc2CCNC(=O)[C@H]2CN(Cc3ccccc3)CCN2C(=O)NC2CCCCC2)cc1. The van der Waals surface area contributed by atoms with Crippen molar-refractivity contribution < 1.29 is 9.59 Å². The number of hydrogen-bond acceptors (Lipinski definition) is 5. The normalized spacial score (nSPS) is 18.0. The van der Waals surface area contributed by atoms with Gasteiger partial charge >= 0.3 is 6.03 Å². The molecular formula is C32H39N7O2. The summed E-state index contributed by atoms with van der Waals surface area (Å²) < 4.78 is 2.06. The van der Waals surface area contributed by atoms with Gasteiger partial charge in [-0.3, -0.25) is 9.69 Å². The van der Waals surface area contributed by atoms with Gasteiger partial charge in [0.1, 0.15) is 6.04 Å². The first-order chi connectivity index (χ1) is 20.1. The van der Waals surface area contributed by atoms with Crippen molar-refractivity contribution in [2.45, 2.75) is 63.7 Å². The Labute approximate surface area is 242 Å². The molecular weight excluding hydrogens is 514 g/mol. The predicted molar refractivity (Wildman–Crippen MR) is 157 cm³/mol. The number of hydrogen-bond donors (Lipinski definition) is 2. The molecule has 0 spiro atoms. The van der Waals surface area contributed by atoms with E-state index in [-0.39, 0.29) is 18.0 Å². The second kappa shape index (κ2) is 14.0. The van der Waals surface area contributed by atoms with Crippen molar-refractivity contribution in [3.05, 3.63) is 89.5 Å². The first kappa shape index (κ1) is 28.4. The fourth-order valence-corrected chi connectivity index (χ4v) is 5.81. The fraction of sp³-hybridized carbons (Fsp3) is 0.438. The molecule has 1 aliphatic heterocycles. The van der Waals surface area contributed by atoms with Crippen molar-refractivity contribution in [1.29, 1.82) is 5.26 Å². The van der Waals surface area contributed by atoms with Crippen molar-refractivity contribution in [3.8, 4) is 6.07 Å². The zero-order chi connectivity index (χ0) is 28.4. The Balaban J connectivity index is 1.20. The lowest BCUT2D eigenvalue weighted by molar-refractivity contribution is -0.127. The molecule has 9 nitrogen and oxygen atoms in total. The first-order valence-electron chi connectivity index (χ1n) is 14.7. The van der Waals surface area contributed by atoms with E-state index < -0.39 is 6.04 Å². The van der Waals surface area contributed by atoms with Crippen molar-refractivity contribution in [1.82, 2.24) is 30.0 Å². The van der Waals surface area contributed by atoms with Gasteiger partial charge in [-0.1, -0.05) is 61.7 Å². The highest BCUT2D eigenvalue weighted by molar-refractivity contribution is 5.87. The molecule has 2 N–H and O–H groups in total. The maximum absolute atomic E-state index is 13.6. The number of nitriles is 1. The van der Waals surface area contributed by atoms with E-state index in [4.69, 9.17) is 5.26 Å². The summed E-state index contributed by atoms with van der Waals surface area (Å²) in [4.78, 5) is 35.2. The molecule has 1 aromatic heterocycles. The van der Waals surface area contributed by atoms with Crippen LogP contribution in [-0.4, -0.2) is 69.6 Å². The fourth-order valence-electron chi connectivity index (χ4n) is 5.81. The van der Waals surface area contributed by atoms with Gasteiger partial charge in [-0.2, -0.15) is 5.26 Å². The molecule has 2 aliphatic rings. The summed E-state index contributed by atoms with van der Waals surface area (Å²) in [6.07, 6.45) is 9.75. The first-order valence-corrected chi connectivity index (χ1v) is 14.7. The number of rotatable bonds is 9. The van der Waals surface area contributed by atoms with Gasteiger partial charge in [0, 0.05) is 63.6 Å². The standard InChI is InChI=1S/C32H39N7O2/c33-19-25-11-13-27(14-12-25)22-38-24-34-20-29(38)15-16-35-31(40)30-23-37(21-26-7-3-1-4-8-26)17-18-39(30)32(41)36-28-9-5-2-6-10-28/h1,3-4,7-8,11-14,20,24,28,30H,2,5-6,9-10,15-18,21-23H2,(H,35,40)(H,36,41)/t30-/m1/s1. The highest BCUT2D eigenvalue weighted by atomic mass is 16.2. The summed E-state index contributed by atoms with van der Waals surface area (Å²) >= 11 is 0. The van der Waals surface area contributed by atoms with Gasteiger partial charge in [0.2, 0.25) is 5.91 Å². The molecule has 1 atom stereocenters. The summed E-state index contributed by atoms with van der Waals surface area (Å²) in [5.41, 5.74) is 3.92. The van der Waals surface area contributed by atoms with Crippen LogP contribution in [0, 0.1) is 11.3 Å². The van der Waals surface area contributed by atoms with E-state index in [1.165, 1.54) is 12.0 Å². The Hall–Kier alpha value is -4.16. The average Bonchev–Trinajstić information content (AvgIpc) is 3.45. The Morgan fingerprint density at radius 3 is 2.46 bits per heavy atom. The van der Waals surface area contributed by atoms with Crippen LogP contribution in [0.4, 0.5) is 4.79 Å². The smallest absolute Gasteiger partial charge is 0.318 e. The molecule has 2 fully saturated rings. The third-order valence-electron chi connectivity index (χ3n) is 8.12. The molecule has 214 valence electrons. The van der Waals surface area contributed by atoms with E-state index in [0.29, 0.717) is 38.2 Å². The number of aromatic nitrogens is 2. The Morgan fingerprint density at radius 1 is 0.951 bits per heavy atom. The van der Waals surface area contributed by atoms with Gasteiger partial charge in [0.15, 0.2) is 0 Å². The van der Waals surface area contributed by atoms with Crippen LogP contribution in [0.5, 0.6) is 0 Å². The largest absolute Gasteiger partial charge is 0.354 e. The van der Waals surface area contributed by atoms with Crippen LogP contribution in [-0.2, 0) is 24.3 Å². The maximum atomic E-state index is 13.6. The molecule has 0 unspecified atom stereocenters. The average molecular weight is 554 g/mol. The van der Waals surface area contributed by atoms with E-state index in [1.807, 2.05) is 48.7 Å². The predicted octanol–water partition coefficient (Wildman–Crippen LogP) is 3.69. The van der Waals surface area contributed by atoms with Crippen LogP contribution in [0.1, 0.15) is 54.5 Å². The van der Waals surface area contributed by atoms with Crippen molar-refractivity contribution in [2.24, 2.45) is 0 Å². The molecule has 5 rings (SSSR count). The van der Waals surface area contributed by atoms with Crippen molar-refractivity contribution in [2.75, 3.05) is 26.2 Å². The van der Waals surface area contributed by atoms with Crippen LogP contribution >= 0.6 is 0 Å². The van der Waals surface area contributed by atoms with Gasteiger partial charge in [-0.15, -0.1) is 0 Å². The lowest BCUT2D eigenvalue weighted by Gasteiger charge is -2.41. The van der Waals surface area contributed by atoms with E-state index in [9.17, 15) is 9.59 Å². The minimum Gasteiger partial charge on any atom is -0.354 e. The van der Waals surface area contributed by atoms with Gasteiger partial charge in [-0.05, 0) is 36.1 Å². The highest BCUT2D eigenvalue weighted by Gasteiger charge is 2.36. The summed E-state index contributed by atoms with van der Waals surface area (Å²) in [7, 11) is 0. The van der Waals surface area contributed by atoms with E-state index in [1.54, 1.807) is 11.2 Å². The summed E-state index contributed by atoms with van der Waals surface area (Å²) in [6, 6.07) is 19.4. The van der Waals surface area contributed by atoms with E-state index in [0.717, 1.165) is 50.0 Å². The molecule has 2 heterocycles. The number of imidazole rings is 1. The maximum Gasteiger partial charge on any atom is 0.318 e. The van der Waals surface area contributed by atoms with E-state index in [2.05, 4.69) is 43.3 Å². The number of benzene rings is 2. The molecule has 0 bridgehead atoms. The summed E-state index contributed by atoms with van der Waals surface area (Å²) in [6.45, 7) is 3.57. The van der Waals surface area contributed by atoms with Crippen LogP contribution in [0.15, 0.2) is 67.1 Å². The Morgan fingerprint density at radius 2 is 1.71 bits per heavy atom. The highest BCUT2D eigenvalue weighted by Crippen LogP contribution is 2.19. The third-order valence-corrected chi connectivity index (χ3v) is 8.12. The second-order valence-electron chi connectivity index (χ2n) is 11.1. The monoisotopic (exact) mass is 553 g/mol. The lowest BCUT2D eigenvalue weighted by Crippen LogP contribution is -2.63. The number of urea groups is 1. The molecule has 41 heavy (non-hydrogen) atoms. The van der Waals surface area contributed by atoms with Crippen LogP contribution in [0.25, 0.3) is 0 Å². The zero-order valence-corrected chi connectivity index (χ0v) is 23.5. The number of nitrogens with one attached hydrogen (secondary N) is 2. The zero-order valence-electron chi connectivity index (χ0n) is 23.5. The van der Waals surface area contributed by atoms with Gasteiger partial charge in [0.25, 0.3) is 0 Å².